The number of nitrogens with zero attached hydrogens (tertiary/aromatic N) is 2. The molecule has 0 aliphatic carbocycles. The summed E-state index contributed by atoms with van der Waals surface area (Å²) in [7, 11) is 0.748. The lowest BCUT2D eigenvalue weighted by Crippen LogP contribution is -2.31. The van der Waals surface area contributed by atoms with E-state index in [1.165, 1.54) is 41.2 Å². The van der Waals surface area contributed by atoms with Crippen LogP contribution in [0.25, 0.3) is 11.1 Å². The third kappa shape index (κ3) is 8.08. The Morgan fingerprint density at radius 2 is 1.62 bits per heavy atom. The molecule has 0 N–H and O–H groups in total. The second-order valence-electron chi connectivity index (χ2n) is 11.4. The van der Waals surface area contributed by atoms with Crippen LogP contribution in [0.2, 0.25) is 0 Å². The zero-order valence-electron chi connectivity index (χ0n) is 26.4. The van der Waals surface area contributed by atoms with E-state index in [1.54, 1.807) is 74.8 Å². The van der Waals surface area contributed by atoms with E-state index < -0.39 is 34.0 Å². The minimum Gasteiger partial charge on any atom is -0.495 e. The third-order valence-corrected chi connectivity index (χ3v) is 9.38. The fraction of sp³-hybridized carbons (Fsp3) is 0.257. The van der Waals surface area contributed by atoms with Gasteiger partial charge in [-0.2, -0.15) is 0 Å². The Balaban J connectivity index is 1.30. The maximum atomic E-state index is 13.7. The maximum Gasteiger partial charge on any atom is 0.573 e. The zero-order chi connectivity index (χ0) is 34.6. The largest absolute Gasteiger partial charge is 0.573 e. The number of hydrogen-bond acceptors (Lipinski definition) is 7. The van der Waals surface area contributed by atoms with Crippen molar-refractivity contribution in [3.63, 3.8) is 0 Å². The van der Waals surface area contributed by atoms with Gasteiger partial charge >= 0.3 is 6.36 Å². The fourth-order valence-corrected chi connectivity index (χ4v) is 6.96. The van der Waals surface area contributed by atoms with Crippen molar-refractivity contribution in [2.75, 3.05) is 34.3 Å². The van der Waals surface area contributed by atoms with Crippen LogP contribution in [-0.2, 0) is 15.6 Å². The van der Waals surface area contributed by atoms with Crippen molar-refractivity contribution in [1.29, 1.82) is 0 Å². The van der Waals surface area contributed by atoms with Gasteiger partial charge in [0.15, 0.2) is 9.84 Å². The van der Waals surface area contributed by atoms with Gasteiger partial charge in [-0.25, -0.2) is 8.42 Å². The van der Waals surface area contributed by atoms with Gasteiger partial charge in [-0.1, -0.05) is 42.5 Å². The van der Waals surface area contributed by atoms with E-state index in [-0.39, 0.29) is 41.0 Å². The first-order valence-electron chi connectivity index (χ1n) is 14.9. The fourth-order valence-electron chi connectivity index (χ4n) is 5.42. The van der Waals surface area contributed by atoms with Crippen LogP contribution < -0.4 is 14.2 Å². The molecule has 1 atom stereocenters. The molecule has 0 unspecified atom stereocenters. The van der Waals surface area contributed by atoms with Crippen LogP contribution in [0.1, 0.15) is 32.7 Å². The molecule has 5 rings (SSSR count). The molecular weight excluding hydrogens is 649 g/mol. The highest BCUT2D eigenvalue weighted by molar-refractivity contribution is 7.90. The number of para-hydroxylation sites is 1. The molecule has 252 valence electrons. The van der Waals surface area contributed by atoms with E-state index in [0.29, 0.717) is 34.4 Å². The Morgan fingerprint density at radius 1 is 0.896 bits per heavy atom. The number of sulfone groups is 1. The molecule has 1 saturated heterocycles. The van der Waals surface area contributed by atoms with Gasteiger partial charge in [-0.3, -0.25) is 9.59 Å². The Morgan fingerprint density at radius 3 is 2.35 bits per heavy atom. The third-order valence-electron chi connectivity index (χ3n) is 7.68. The number of methoxy groups -OCH3 is 1. The first kappa shape index (κ1) is 34.3. The maximum absolute atomic E-state index is 13.7. The normalized spacial score (nSPS) is 14.8. The molecule has 0 aromatic heterocycles. The van der Waals surface area contributed by atoms with Gasteiger partial charge in [0.2, 0.25) is 0 Å². The van der Waals surface area contributed by atoms with Gasteiger partial charge in [-0.15, -0.1) is 13.2 Å². The van der Waals surface area contributed by atoms with Crippen molar-refractivity contribution < 1.29 is 45.4 Å². The van der Waals surface area contributed by atoms with Crippen LogP contribution in [0.15, 0.2) is 95.9 Å². The average Bonchev–Trinajstić information content (AvgIpc) is 3.51. The lowest BCUT2D eigenvalue weighted by atomic mass is 10.0. The highest BCUT2D eigenvalue weighted by Gasteiger charge is 2.35. The number of hydrogen-bond donors (Lipinski definition) is 0. The molecule has 1 heterocycles. The van der Waals surface area contributed by atoms with Crippen molar-refractivity contribution >= 4 is 21.7 Å². The monoisotopic (exact) mass is 682 g/mol. The highest BCUT2D eigenvalue weighted by atomic mass is 32.2. The minimum absolute atomic E-state index is 0.0158. The van der Waals surface area contributed by atoms with Crippen LogP contribution in [0.4, 0.5) is 13.2 Å². The molecule has 2 amide bonds. The molecule has 0 saturated carbocycles. The van der Waals surface area contributed by atoms with E-state index >= 15 is 0 Å². The SMILES string of the molecule is COc1ccc(-c2cccc(C(=O)N(C)C)c2)cc1S(=O)(=O)Cc1cccc(O[C@H]2CCN(C(=O)c3ccccc3OC(F)(F)F)C2)c1. The van der Waals surface area contributed by atoms with Crippen LogP contribution in [0.5, 0.6) is 17.2 Å². The Kier molecular flexibility index (Phi) is 9.99. The number of amides is 2. The summed E-state index contributed by atoms with van der Waals surface area (Å²) in [5, 5.41) is 0. The van der Waals surface area contributed by atoms with Crippen molar-refractivity contribution in [3.05, 3.63) is 108 Å². The van der Waals surface area contributed by atoms with Crippen LogP contribution in [-0.4, -0.2) is 76.8 Å². The number of halogens is 3. The topological polar surface area (TPSA) is 102 Å². The first-order valence-corrected chi connectivity index (χ1v) is 16.5. The predicted molar refractivity (Wildman–Crippen MR) is 172 cm³/mol. The average molecular weight is 683 g/mol. The summed E-state index contributed by atoms with van der Waals surface area (Å²) in [5.74, 6) is -1.20. The molecule has 9 nitrogen and oxygen atoms in total. The summed E-state index contributed by atoms with van der Waals surface area (Å²) < 4.78 is 81.6. The van der Waals surface area contributed by atoms with Crippen molar-refractivity contribution in [2.24, 2.45) is 0 Å². The number of carbonyl (C=O) groups is 2. The van der Waals surface area contributed by atoms with Gasteiger partial charge in [-0.05, 0) is 65.2 Å². The quantitative estimate of drug-likeness (QED) is 0.196. The molecule has 48 heavy (non-hydrogen) atoms. The highest BCUT2D eigenvalue weighted by Crippen LogP contribution is 2.33. The predicted octanol–water partition coefficient (Wildman–Crippen LogP) is 6.23. The standard InChI is InChI=1S/C35H33F3N2O7S/c1-39(2)33(41)26-10-7-9-24(19-26)25-14-15-31(45-3)32(20-25)48(43,44)22-23-8-6-11-27(18-23)46-28-16-17-40(21-28)34(42)29-12-4-5-13-30(29)47-35(36,37)38/h4-15,18-20,28H,16-17,21-22H2,1-3H3/t28-/m0/s1. The summed E-state index contributed by atoms with van der Waals surface area (Å²) in [6.07, 6.45) is -5.00. The van der Waals surface area contributed by atoms with Crippen LogP contribution in [0.3, 0.4) is 0 Å². The number of benzene rings is 4. The lowest BCUT2D eigenvalue weighted by Gasteiger charge is -2.19. The smallest absolute Gasteiger partial charge is 0.495 e. The molecule has 1 aliphatic rings. The summed E-state index contributed by atoms with van der Waals surface area (Å²) >= 11 is 0. The second kappa shape index (κ2) is 14.0. The van der Waals surface area contributed by atoms with E-state index in [4.69, 9.17) is 9.47 Å². The molecule has 4 aromatic carbocycles. The summed E-state index contributed by atoms with van der Waals surface area (Å²) in [4.78, 5) is 28.4. The van der Waals surface area contributed by atoms with E-state index in [0.717, 1.165) is 6.07 Å². The molecule has 0 bridgehead atoms. The number of ether oxygens (including phenoxy) is 3. The van der Waals surface area contributed by atoms with E-state index in [9.17, 15) is 31.2 Å². The number of likely N-dealkylation sites (tertiary alicyclic amines) is 1. The van der Waals surface area contributed by atoms with Crippen LogP contribution in [0, 0.1) is 0 Å². The van der Waals surface area contributed by atoms with Crippen molar-refractivity contribution in [3.8, 4) is 28.4 Å². The summed E-state index contributed by atoms with van der Waals surface area (Å²) in [6, 6.07) is 23.5. The lowest BCUT2D eigenvalue weighted by molar-refractivity contribution is -0.274. The Labute approximate surface area is 276 Å². The molecular formula is C35H33F3N2O7S. The number of carbonyl (C=O) groups excluding carboxylic acids is 2. The minimum atomic E-state index is -4.95. The molecule has 0 spiro atoms. The van der Waals surface area contributed by atoms with Gasteiger partial charge < -0.3 is 24.0 Å². The molecule has 0 radical (unpaired) electrons. The Bertz CT molecular complexity index is 1930. The molecule has 13 heteroatoms. The van der Waals surface area contributed by atoms with Crippen molar-refractivity contribution in [1.82, 2.24) is 9.80 Å². The second-order valence-corrected chi connectivity index (χ2v) is 13.3. The van der Waals surface area contributed by atoms with Crippen molar-refractivity contribution in [2.45, 2.75) is 29.5 Å². The summed E-state index contributed by atoms with van der Waals surface area (Å²) in [6.45, 7) is 0.368. The number of rotatable bonds is 10. The molecule has 1 aliphatic heterocycles. The van der Waals surface area contributed by atoms with E-state index in [1.807, 2.05) is 0 Å². The van der Waals surface area contributed by atoms with E-state index in [2.05, 4.69) is 4.74 Å². The number of alkyl halides is 3. The molecule has 4 aromatic rings. The van der Waals surface area contributed by atoms with Crippen LogP contribution >= 0.6 is 0 Å². The van der Waals surface area contributed by atoms with Gasteiger partial charge in [0, 0.05) is 32.6 Å². The van der Waals surface area contributed by atoms with Gasteiger partial charge in [0.25, 0.3) is 11.8 Å². The summed E-state index contributed by atoms with van der Waals surface area (Å²) in [5.41, 5.74) is 1.95. The van der Waals surface area contributed by atoms with Gasteiger partial charge in [0.05, 0.1) is 25.0 Å². The Hall–Kier alpha value is -5.04. The zero-order valence-corrected chi connectivity index (χ0v) is 27.2. The molecule has 1 fully saturated rings. The van der Waals surface area contributed by atoms with Gasteiger partial charge in [0.1, 0.15) is 28.2 Å². The first-order chi connectivity index (χ1) is 22.7.